The minimum Gasteiger partial charge on any atom is -0.507 e. The van der Waals surface area contributed by atoms with Gasteiger partial charge in [-0.3, -0.25) is 4.79 Å². The van der Waals surface area contributed by atoms with Crippen LogP contribution in [0.2, 0.25) is 0 Å². The van der Waals surface area contributed by atoms with Crippen molar-refractivity contribution in [1.82, 2.24) is 5.32 Å². The van der Waals surface area contributed by atoms with Crippen LogP contribution >= 0.6 is 0 Å². The van der Waals surface area contributed by atoms with Crippen molar-refractivity contribution in [2.45, 2.75) is 25.8 Å². The fraction of sp³-hybridized carbons (Fsp3) is 0.417. The number of carbonyl (C=O) groups excluding carboxylic acids is 1. The number of nitrogens with two attached hydrogens (primary N) is 1. The summed E-state index contributed by atoms with van der Waals surface area (Å²) in [5, 5.41) is 12.2. The number of benzene rings is 1. The highest BCUT2D eigenvalue weighted by molar-refractivity contribution is 5.97. The fourth-order valence-electron chi connectivity index (χ4n) is 1.49. The summed E-state index contributed by atoms with van der Waals surface area (Å²) in [6.07, 6.45) is 0.612. The van der Waals surface area contributed by atoms with E-state index < -0.39 is 17.3 Å². The van der Waals surface area contributed by atoms with Crippen LogP contribution in [0, 0.1) is 5.82 Å². The molecule has 0 aliphatic heterocycles. The standard InChI is InChI=1S/C12H17FN2O2/c1-12(2,5-6-14)15-11(17)9-4-3-8(13)7-10(9)16/h3-4,7,16H,5-6,14H2,1-2H3,(H,15,17). The second kappa shape index (κ2) is 5.14. The van der Waals surface area contributed by atoms with Crippen molar-refractivity contribution in [3.63, 3.8) is 0 Å². The van der Waals surface area contributed by atoms with Crippen molar-refractivity contribution in [1.29, 1.82) is 0 Å². The van der Waals surface area contributed by atoms with E-state index in [1.807, 2.05) is 13.8 Å². The van der Waals surface area contributed by atoms with Crippen LogP contribution in [0.1, 0.15) is 30.6 Å². The molecule has 1 aromatic carbocycles. The van der Waals surface area contributed by atoms with Gasteiger partial charge < -0.3 is 16.2 Å². The van der Waals surface area contributed by atoms with Crippen LogP contribution in [0.25, 0.3) is 0 Å². The molecule has 4 nitrogen and oxygen atoms in total. The number of aromatic hydroxyl groups is 1. The van der Waals surface area contributed by atoms with Gasteiger partial charge in [0.2, 0.25) is 0 Å². The number of phenols is 1. The molecule has 0 unspecified atom stereocenters. The van der Waals surface area contributed by atoms with Gasteiger partial charge in [0.1, 0.15) is 11.6 Å². The Morgan fingerprint density at radius 1 is 1.53 bits per heavy atom. The van der Waals surface area contributed by atoms with Gasteiger partial charge in [-0.25, -0.2) is 4.39 Å². The van der Waals surface area contributed by atoms with Gasteiger partial charge in [-0.05, 0) is 38.9 Å². The van der Waals surface area contributed by atoms with Crippen LogP contribution in [-0.2, 0) is 0 Å². The minimum absolute atomic E-state index is 0.0523. The predicted molar refractivity (Wildman–Crippen MR) is 63.3 cm³/mol. The SMILES string of the molecule is CC(C)(CCN)NC(=O)c1ccc(F)cc1O. The van der Waals surface area contributed by atoms with Gasteiger partial charge >= 0.3 is 0 Å². The molecule has 1 amide bonds. The molecular weight excluding hydrogens is 223 g/mol. The Hall–Kier alpha value is -1.62. The highest BCUT2D eigenvalue weighted by atomic mass is 19.1. The molecule has 0 saturated carbocycles. The summed E-state index contributed by atoms with van der Waals surface area (Å²) in [7, 11) is 0. The van der Waals surface area contributed by atoms with E-state index in [0.717, 1.165) is 12.1 Å². The predicted octanol–water partition coefficient (Wildman–Crippen LogP) is 1.39. The first kappa shape index (κ1) is 13.4. The first-order chi connectivity index (χ1) is 7.85. The lowest BCUT2D eigenvalue weighted by Crippen LogP contribution is -2.44. The molecule has 0 saturated heterocycles. The molecule has 0 spiro atoms. The van der Waals surface area contributed by atoms with Gasteiger partial charge in [-0.2, -0.15) is 0 Å². The summed E-state index contributed by atoms with van der Waals surface area (Å²) in [5.74, 6) is -1.40. The Morgan fingerprint density at radius 2 is 2.18 bits per heavy atom. The van der Waals surface area contributed by atoms with E-state index in [2.05, 4.69) is 5.32 Å². The molecule has 0 bridgehead atoms. The van der Waals surface area contributed by atoms with Crippen molar-refractivity contribution in [3.05, 3.63) is 29.6 Å². The molecule has 5 heteroatoms. The molecular formula is C12H17FN2O2. The van der Waals surface area contributed by atoms with Gasteiger partial charge in [0.15, 0.2) is 0 Å². The maximum atomic E-state index is 12.8. The number of halogens is 1. The van der Waals surface area contributed by atoms with Crippen LogP contribution in [0.5, 0.6) is 5.75 Å². The fourth-order valence-corrected chi connectivity index (χ4v) is 1.49. The van der Waals surface area contributed by atoms with Crippen molar-refractivity contribution >= 4 is 5.91 Å². The van der Waals surface area contributed by atoms with E-state index in [1.165, 1.54) is 6.07 Å². The molecule has 0 heterocycles. The van der Waals surface area contributed by atoms with E-state index in [0.29, 0.717) is 13.0 Å². The third-order valence-corrected chi connectivity index (χ3v) is 2.43. The Kier molecular flexibility index (Phi) is 4.07. The summed E-state index contributed by atoms with van der Waals surface area (Å²) in [5.41, 5.74) is 5.02. The number of hydrogen-bond donors (Lipinski definition) is 3. The minimum atomic E-state index is -0.583. The molecule has 0 radical (unpaired) electrons. The van der Waals surface area contributed by atoms with Gasteiger partial charge in [0, 0.05) is 11.6 Å². The van der Waals surface area contributed by atoms with E-state index >= 15 is 0 Å². The summed E-state index contributed by atoms with van der Waals surface area (Å²) in [4.78, 5) is 11.8. The van der Waals surface area contributed by atoms with E-state index in [9.17, 15) is 14.3 Å². The number of hydrogen-bond acceptors (Lipinski definition) is 3. The number of phenolic OH excluding ortho intramolecular Hbond substituents is 1. The average molecular weight is 240 g/mol. The third kappa shape index (κ3) is 3.71. The zero-order chi connectivity index (χ0) is 13.1. The van der Waals surface area contributed by atoms with Crippen LogP contribution in [0.3, 0.4) is 0 Å². The maximum absolute atomic E-state index is 12.8. The van der Waals surface area contributed by atoms with Gasteiger partial charge in [0.05, 0.1) is 5.56 Å². The molecule has 0 aliphatic rings. The summed E-state index contributed by atoms with van der Waals surface area (Å²) >= 11 is 0. The number of amides is 1. The van der Waals surface area contributed by atoms with E-state index in [-0.39, 0.29) is 11.3 Å². The Balaban J connectivity index is 2.83. The maximum Gasteiger partial charge on any atom is 0.255 e. The first-order valence-electron chi connectivity index (χ1n) is 5.37. The van der Waals surface area contributed by atoms with Crippen molar-refractivity contribution in [2.24, 2.45) is 5.73 Å². The van der Waals surface area contributed by atoms with Crippen LogP contribution < -0.4 is 11.1 Å². The number of nitrogens with one attached hydrogen (secondary N) is 1. The van der Waals surface area contributed by atoms with Crippen LogP contribution in [-0.4, -0.2) is 23.1 Å². The van der Waals surface area contributed by atoms with Gasteiger partial charge in [-0.15, -0.1) is 0 Å². The summed E-state index contributed by atoms with van der Waals surface area (Å²) in [6, 6.07) is 3.29. The van der Waals surface area contributed by atoms with E-state index in [4.69, 9.17) is 5.73 Å². The number of carbonyl (C=O) groups is 1. The van der Waals surface area contributed by atoms with Crippen LogP contribution in [0.15, 0.2) is 18.2 Å². The third-order valence-electron chi connectivity index (χ3n) is 2.43. The monoisotopic (exact) mass is 240 g/mol. The van der Waals surface area contributed by atoms with E-state index in [1.54, 1.807) is 0 Å². The Labute approximate surface area is 99.6 Å². The highest BCUT2D eigenvalue weighted by Crippen LogP contribution is 2.19. The van der Waals surface area contributed by atoms with Gasteiger partial charge in [0.25, 0.3) is 5.91 Å². The highest BCUT2D eigenvalue weighted by Gasteiger charge is 2.21. The molecule has 94 valence electrons. The first-order valence-corrected chi connectivity index (χ1v) is 5.37. The molecule has 0 atom stereocenters. The second-order valence-corrected chi connectivity index (χ2v) is 4.54. The average Bonchev–Trinajstić information content (AvgIpc) is 2.15. The second-order valence-electron chi connectivity index (χ2n) is 4.54. The smallest absolute Gasteiger partial charge is 0.255 e. The summed E-state index contributed by atoms with van der Waals surface area (Å²) < 4.78 is 12.8. The molecule has 4 N–H and O–H groups in total. The van der Waals surface area contributed by atoms with Crippen LogP contribution in [0.4, 0.5) is 4.39 Å². The lowest BCUT2D eigenvalue weighted by atomic mass is 10.00. The zero-order valence-electron chi connectivity index (χ0n) is 9.96. The van der Waals surface area contributed by atoms with Gasteiger partial charge in [-0.1, -0.05) is 0 Å². The van der Waals surface area contributed by atoms with Crippen molar-refractivity contribution in [2.75, 3.05) is 6.54 Å². The lowest BCUT2D eigenvalue weighted by molar-refractivity contribution is 0.0907. The Bertz CT molecular complexity index is 419. The molecule has 1 aromatic rings. The van der Waals surface area contributed by atoms with Crippen molar-refractivity contribution < 1.29 is 14.3 Å². The zero-order valence-corrected chi connectivity index (χ0v) is 9.96. The molecule has 0 aliphatic carbocycles. The lowest BCUT2D eigenvalue weighted by Gasteiger charge is -2.25. The molecule has 1 rings (SSSR count). The molecule has 17 heavy (non-hydrogen) atoms. The normalized spacial score (nSPS) is 11.3. The topological polar surface area (TPSA) is 75.3 Å². The quantitative estimate of drug-likeness (QED) is 0.744. The largest absolute Gasteiger partial charge is 0.507 e. The summed E-state index contributed by atoms with van der Waals surface area (Å²) in [6.45, 7) is 4.11. The van der Waals surface area contributed by atoms with Crippen molar-refractivity contribution in [3.8, 4) is 5.75 Å². The number of rotatable bonds is 4. The molecule has 0 aromatic heterocycles. The Morgan fingerprint density at radius 3 is 2.71 bits per heavy atom. The molecule has 0 fully saturated rings.